The molecule has 0 fully saturated rings. The van der Waals surface area contributed by atoms with Crippen LogP contribution in [-0.2, 0) is 0 Å². The van der Waals surface area contributed by atoms with Crippen molar-refractivity contribution < 1.29 is 13.9 Å². The summed E-state index contributed by atoms with van der Waals surface area (Å²) >= 11 is 1.80. The number of halogens is 2. The zero-order chi connectivity index (χ0) is 15.3. The summed E-state index contributed by atoms with van der Waals surface area (Å²) in [6, 6.07) is 3.75. The van der Waals surface area contributed by atoms with Gasteiger partial charge in [0.05, 0.1) is 11.7 Å². The van der Waals surface area contributed by atoms with Gasteiger partial charge in [0, 0.05) is 23.1 Å². The van der Waals surface area contributed by atoms with Gasteiger partial charge in [0.2, 0.25) is 0 Å². The third kappa shape index (κ3) is 5.77. The van der Waals surface area contributed by atoms with Crippen molar-refractivity contribution in [1.82, 2.24) is 5.32 Å². The van der Waals surface area contributed by atoms with Gasteiger partial charge in [-0.1, -0.05) is 26.8 Å². The van der Waals surface area contributed by atoms with Crippen LogP contribution < -0.4 is 5.32 Å². The maximum atomic E-state index is 13.5. The summed E-state index contributed by atoms with van der Waals surface area (Å²) in [5, 5.41) is 13.0. The lowest BCUT2D eigenvalue weighted by Gasteiger charge is -2.22. The Morgan fingerprint density at radius 1 is 1.25 bits per heavy atom. The first-order valence-electron chi connectivity index (χ1n) is 6.70. The molecule has 0 aliphatic rings. The van der Waals surface area contributed by atoms with Crippen molar-refractivity contribution in [3.05, 3.63) is 35.4 Å². The number of aliphatic hydroxyl groups excluding tert-OH is 1. The molecule has 2 unspecified atom stereocenters. The molecule has 20 heavy (non-hydrogen) atoms. The molecule has 1 rings (SSSR count). The molecule has 0 spiro atoms. The van der Waals surface area contributed by atoms with Crippen molar-refractivity contribution in [3.8, 4) is 0 Å². The van der Waals surface area contributed by atoms with Gasteiger partial charge in [-0.2, -0.15) is 11.8 Å². The summed E-state index contributed by atoms with van der Waals surface area (Å²) < 4.78 is 27.2. The molecule has 2 nitrogen and oxygen atoms in total. The number of hydrogen-bond donors (Lipinski definition) is 2. The van der Waals surface area contributed by atoms with Gasteiger partial charge in [-0.15, -0.1) is 0 Å². The van der Waals surface area contributed by atoms with Crippen LogP contribution in [0.15, 0.2) is 18.2 Å². The van der Waals surface area contributed by atoms with E-state index in [2.05, 4.69) is 26.1 Å². The van der Waals surface area contributed by atoms with Crippen molar-refractivity contribution in [2.45, 2.75) is 44.6 Å². The second kappa shape index (κ2) is 7.38. The Balaban J connectivity index is 2.49. The summed E-state index contributed by atoms with van der Waals surface area (Å²) in [6.45, 7) is 8.52. The summed E-state index contributed by atoms with van der Waals surface area (Å²) in [5.41, 5.74) is -0.268. The molecule has 114 valence electrons. The molecular weight excluding hydrogens is 280 g/mol. The first kappa shape index (κ1) is 17.4. The van der Waals surface area contributed by atoms with Crippen LogP contribution in [0, 0.1) is 11.6 Å². The average Bonchev–Trinajstić information content (AvgIpc) is 2.32. The van der Waals surface area contributed by atoms with E-state index in [4.69, 9.17) is 0 Å². The van der Waals surface area contributed by atoms with Gasteiger partial charge < -0.3 is 10.4 Å². The fourth-order valence-corrected chi connectivity index (χ4v) is 2.55. The Hall–Kier alpha value is -0.650. The molecule has 2 atom stereocenters. The number of nitrogens with one attached hydrogen (secondary N) is 1. The van der Waals surface area contributed by atoms with Crippen LogP contribution in [0.5, 0.6) is 0 Å². The maximum absolute atomic E-state index is 13.5. The summed E-state index contributed by atoms with van der Waals surface area (Å²) in [6.07, 6.45) is -1.18. The first-order chi connectivity index (χ1) is 9.20. The fourth-order valence-electron chi connectivity index (χ4n) is 1.68. The van der Waals surface area contributed by atoms with Gasteiger partial charge in [0.25, 0.3) is 0 Å². The van der Waals surface area contributed by atoms with Crippen LogP contribution >= 0.6 is 11.8 Å². The van der Waals surface area contributed by atoms with E-state index < -0.39 is 17.7 Å². The Labute approximate surface area is 124 Å². The molecule has 0 heterocycles. The molecule has 5 heteroatoms. The molecule has 0 amide bonds. The molecular formula is C15H23F2NOS. The van der Waals surface area contributed by atoms with Crippen LogP contribution in [0.4, 0.5) is 8.78 Å². The van der Waals surface area contributed by atoms with Crippen LogP contribution in [0.1, 0.15) is 39.4 Å². The SMILES string of the molecule is CC(CSC(C)(C)C)NCC(O)c1c(F)cccc1F. The van der Waals surface area contributed by atoms with Gasteiger partial charge in [-0.3, -0.25) is 0 Å². The minimum Gasteiger partial charge on any atom is -0.387 e. The smallest absolute Gasteiger partial charge is 0.131 e. The maximum Gasteiger partial charge on any atom is 0.131 e. The molecule has 0 saturated heterocycles. The van der Waals surface area contributed by atoms with E-state index in [1.165, 1.54) is 6.07 Å². The highest BCUT2D eigenvalue weighted by Crippen LogP contribution is 2.24. The normalized spacial score (nSPS) is 15.2. The highest BCUT2D eigenvalue weighted by atomic mass is 32.2. The van der Waals surface area contributed by atoms with E-state index in [0.29, 0.717) is 0 Å². The van der Waals surface area contributed by atoms with Gasteiger partial charge >= 0.3 is 0 Å². The standard InChI is InChI=1S/C15H23F2NOS/c1-10(9-20-15(2,3)4)18-8-13(19)14-11(16)6-5-7-12(14)17/h5-7,10,13,18-19H,8-9H2,1-4H3. The van der Waals surface area contributed by atoms with Gasteiger partial charge in [0.1, 0.15) is 11.6 Å². The van der Waals surface area contributed by atoms with Crippen LogP contribution in [0.25, 0.3) is 0 Å². The molecule has 0 bridgehead atoms. The molecule has 0 aliphatic heterocycles. The van der Waals surface area contributed by atoms with Gasteiger partial charge in [0.15, 0.2) is 0 Å². The Morgan fingerprint density at radius 2 is 1.80 bits per heavy atom. The van der Waals surface area contributed by atoms with E-state index in [9.17, 15) is 13.9 Å². The average molecular weight is 303 g/mol. The highest BCUT2D eigenvalue weighted by Gasteiger charge is 2.19. The number of thioether (sulfide) groups is 1. The van der Waals surface area contributed by atoms with Crippen molar-refractivity contribution in [2.75, 3.05) is 12.3 Å². The number of rotatable bonds is 6. The number of aliphatic hydroxyl groups is 1. The monoisotopic (exact) mass is 303 g/mol. The van der Waals surface area contributed by atoms with Gasteiger partial charge in [-0.25, -0.2) is 8.78 Å². The molecule has 1 aromatic carbocycles. The van der Waals surface area contributed by atoms with E-state index in [1.54, 1.807) is 11.8 Å². The van der Waals surface area contributed by atoms with Crippen molar-refractivity contribution in [1.29, 1.82) is 0 Å². The molecule has 0 aliphatic carbocycles. The molecule has 1 aromatic rings. The Morgan fingerprint density at radius 3 is 2.30 bits per heavy atom. The minimum absolute atomic E-state index is 0.129. The van der Waals surface area contributed by atoms with Crippen LogP contribution in [-0.4, -0.2) is 28.2 Å². The molecule has 0 aromatic heterocycles. The highest BCUT2D eigenvalue weighted by molar-refractivity contribution is 8.00. The lowest BCUT2D eigenvalue weighted by molar-refractivity contribution is 0.162. The van der Waals surface area contributed by atoms with Crippen molar-refractivity contribution in [2.24, 2.45) is 0 Å². The predicted molar refractivity (Wildman–Crippen MR) is 81.0 cm³/mol. The lowest BCUT2D eigenvalue weighted by atomic mass is 10.1. The molecule has 0 saturated carbocycles. The van der Waals surface area contributed by atoms with Crippen LogP contribution in [0.3, 0.4) is 0 Å². The van der Waals surface area contributed by atoms with Crippen molar-refractivity contribution in [3.63, 3.8) is 0 Å². The lowest BCUT2D eigenvalue weighted by Crippen LogP contribution is -2.33. The Kier molecular flexibility index (Phi) is 6.43. The molecule has 2 N–H and O–H groups in total. The fraction of sp³-hybridized carbons (Fsp3) is 0.600. The third-order valence-corrected chi connectivity index (χ3v) is 4.29. The molecule has 0 radical (unpaired) electrons. The van der Waals surface area contributed by atoms with Gasteiger partial charge in [-0.05, 0) is 19.1 Å². The minimum atomic E-state index is -1.18. The van der Waals surface area contributed by atoms with E-state index in [1.807, 2.05) is 6.92 Å². The largest absolute Gasteiger partial charge is 0.387 e. The van der Waals surface area contributed by atoms with E-state index in [0.717, 1.165) is 17.9 Å². The van der Waals surface area contributed by atoms with Crippen molar-refractivity contribution >= 4 is 11.8 Å². The summed E-state index contributed by atoms with van der Waals surface area (Å²) in [7, 11) is 0. The zero-order valence-corrected chi connectivity index (χ0v) is 13.2. The second-order valence-corrected chi connectivity index (χ2v) is 7.73. The van der Waals surface area contributed by atoms with Crippen LogP contribution in [0.2, 0.25) is 0 Å². The summed E-state index contributed by atoms with van der Waals surface area (Å²) in [4.78, 5) is 0. The first-order valence-corrected chi connectivity index (χ1v) is 7.68. The number of benzene rings is 1. The number of hydrogen-bond acceptors (Lipinski definition) is 3. The summed E-state index contributed by atoms with van der Waals surface area (Å²) in [5.74, 6) is -0.553. The van der Waals surface area contributed by atoms with E-state index in [-0.39, 0.29) is 22.9 Å². The topological polar surface area (TPSA) is 32.3 Å². The second-order valence-electron chi connectivity index (χ2n) is 5.88. The van der Waals surface area contributed by atoms with E-state index >= 15 is 0 Å². The zero-order valence-electron chi connectivity index (χ0n) is 12.4. The third-order valence-electron chi connectivity index (χ3n) is 2.76. The Bertz CT molecular complexity index is 414. The predicted octanol–water partition coefficient (Wildman–Crippen LogP) is 3.51. The quantitative estimate of drug-likeness (QED) is 0.843.